The van der Waals surface area contributed by atoms with Gasteiger partial charge in [-0.15, -0.1) is 0 Å². The van der Waals surface area contributed by atoms with Crippen molar-refractivity contribution in [2.24, 2.45) is 0 Å². The van der Waals surface area contributed by atoms with Crippen molar-refractivity contribution in [2.75, 3.05) is 17.2 Å². The molecule has 0 amide bonds. The van der Waals surface area contributed by atoms with Gasteiger partial charge in [0.15, 0.2) is 5.82 Å². The van der Waals surface area contributed by atoms with E-state index >= 15 is 0 Å². The minimum absolute atomic E-state index is 0.00720. The van der Waals surface area contributed by atoms with Crippen LogP contribution in [0.3, 0.4) is 0 Å². The lowest BCUT2D eigenvalue weighted by Gasteiger charge is -2.16. The third kappa shape index (κ3) is 3.62. The second-order valence-corrected chi connectivity index (χ2v) is 5.93. The molecule has 1 aromatic heterocycles. The van der Waals surface area contributed by atoms with Crippen molar-refractivity contribution in [3.63, 3.8) is 0 Å². The van der Waals surface area contributed by atoms with Gasteiger partial charge in [-0.3, -0.25) is 0 Å². The summed E-state index contributed by atoms with van der Waals surface area (Å²) >= 11 is 6.11. The molecule has 3 rings (SSSR count). The number of hydrogen-bond acceptors (Lipinski definition) is 7. The minimum Gasteiger partial charge on any atom is -0.423 e. The van der Waals surface area contributed by atoms with Crippen LogP contribution in [0.2, 0.25) is 5.02 Å². The summed E-state index contributed by atoms with van der Waals surface area (Å²) in [5, 5.41) is 25.5. The summed E-state index contributed by atoms with van der Waals surface area (Å²) in [4.78, 5) is 8.52. The smallest absolute Gasteiger partial charge is 0.423 e. The minimum atomic E-state index is -0.860. The van der Waals surface area contributed by atoms with Crippen LogP contribution in [-0.4, -0.2) is 39.9 Å². The summed E-state index contributed by atoms with van der Waals surface area (Å²) in [6, 6.07) is 5.40. The molecule has 0 radical (unpaired) electrons. The number of fused-ring (bicyclic) bond motifs is 1. The Hall–Kier alpha value is -1.87. The zero-order valence-electron chi connectivity index (χ0n) is 13.2. The van der Waals surface area contributed by atoms with Crippen LogP contribution in [0.15, 0.2) is 24.4 Å². The van der Waals surface area contributed by atoms with E-state index in [2.05, 4.69) is 20.6 Å². The van der Waals surface area contributed by atoms with Crippen molar-refractivity contribution >= 4 is 41.6 Å². The molecule has 0 aliphatic carbocycles. The highest BCUT2D eigenvalue weighted by Crippen LogP contribution is 2.23. The van der Waals surface area contributed by atoms with Crippen LogP contribution in [-0.2, 0) is 11.3 Å². The first-order chi connectivity index (χ1) is 11.6. The average Bonchev–Trinajstić information content (AvgIpc) is 2.96. The molecule has 2 heterocycles. The number of benzene rings is 1. The molecule has 1 aliphatic heterocycles. The van der Waals surface area contributed by atoms with Crippen LogP contribution < -0.4 is 16.1 Å². The number of halogens is 1. The van der Waals surface area contributed by atoms with Crippen LogP contribution in [0.25, 0.3) is 0 Å². The van der Waals surface area contributed by atoms with Gasteiger partial charge in [0.2, 0.25) is 5.95 Å². The molecular weight excluding hydrogens is 330 g/mol. The number of anilines is 3. The van der Waals surface area contributed by atoms with Gasteiger partial charge in [0.05, 0.1) is 25.5 Å². The predicted octanol–water partition coefficient (Wildman–Crippen LogP) is 1.27. The number of rotatable bonds is 6. The Morgan fingerprint density at radius 1 is 1.46 bits per heavy atom. The lowest BCUT2D eigenvalue weighted by atomic mass is 9.79. The highest BCUT2D eigenvalue weighted by atomic mass is 35.5. The van der Waals surface area contributed by atoms with Gasteiger partial charge >= 0.3 is 7.12 Å². The Morgan fingerprint density at radius 2 is 2.29 bits per heavy atom. The Labute approximate surface area is 145 Å². The lowest BCUT2D eigenvalue weighted by Crippen LogP contribution is -2.27. The fraction of sp³-hybridized carbons (Fsp3) is 0.333. The first-order valence-electron chi connectivity index (χ1n) is 7.70. The molecule has 9 heteroatoms. The van der Waals surface area contributed by atoms with Crippen molar-refractivity contribution in [2.45, 2.75) is 26.0 Å². The van der Waals surface area contributed by atoms with Crippen LogP contribution in [0.1, 0.15) is 18.9 Å². The summed E-state index contributed by atoms with van der Waals surface area (Å²) in [6.45, 7) is 2.32. The number of aliphatic hydroxyl groups excluding tert-OH is 1. The average molecular weight is 349 g/mol. The molecular formula is C15H18BClN4O3. The second-order valence-electron chi connectivity index (χ2n) is 5.52. The Bertz CT molecular complexity index is 730. The number of aromatic nitrogens is 2. The van der Waals surface area contributed by atoms with Gasteiger partial charge in [0.25, 0.3) is 0 Å². The zero-order chi connectivity index (χ0) is 17.1. The van der Waals surface area contributed by atoms with Crippen molar-refractivity contribution < 1.29 is 14.8 Å². The maximum atomic E-state index is 9.65. The predicted molar refractivity (Wildman–Crippen MR) is 94.0 cm³/mol. The molecule has 24 heavy (non-hydrogen) atoms. The van der Waals surface area contributed by atoms with E-state index in [9.17, 15) is 10.1 Å². The van der Waals surface area contributed by atoms with Gasteiger partial charge in [-0.05, 0) is 29.6 Å². The topological polar surface area (TPSA) is 99.5 Å². The summed E-state index contributed by atoms with van der Waals surface area (Å²) in [5.41, 5.74) is 2.48. The maximum Gasteiger partial charge on any atom is 0.491 e. The number of aliphatic hydroxyl groups is 1. The van der Waals surface area contributed by atoms with E-state index in [4.69, 9.17) is 16.3 Å². The SMILES string of the molecule is CCC(CO)Nc1nc(Nc2ccc3c(c2)COB3O)ncc1Cl. The zero-order valence-corrected chi connectivity index (χ0v) is 13.9. The molecule has 0 fully saturated rings. The molecule has 1 atom stereocenters. The molecule has 0 saturated heterocycles. The van der Waals surface area contributed by atoms with E-state index in [1.165, 1.54) is 6.20 Å². The van der Waals surface area contributed by atoms with Crippen LogP contribution >= 0.6 is 11.6 Å². The van der Waals surface area contributed by atoms with E-state index < -0.39 is 7.12 Å². The summed E-state index contributed by atoms with van der Waals surface area (Å²) in [7, 11) is -0.860. The molecule has 7 nitrogen and oxygen atoms in total. The molecule has 0 saturated carbocycles. The fourth-order valence-electron chi connectivity index (χ4n) is 2.44. The van der Waals surface area contributed by atoms with E-state index in [-0.39, 0.29) is 12.6 Å². The van der Waals surface area contributed by atoms with E-state index in [1.54, 1.807) is 0 Å². The Kier molecular flexibility index (Phi) is 5.20. The third-order valence-electron chi connectivity index (χ3n) is 3.86. The standard InChI is InChI=1S/C15H18BClN4O3/c1-2-10(7-22)19-14-13(17)6-18-15(21-14)20-11-3-4-12-9(5-11)8-24-16(12)23/h3-6,10,22-23H,2,7-8H2,1H3,(H2,18,19,20,21). The first kappa shape index (κ1) is 17.0. The Morgan fingerprint density at radius 3 is 3.04 bits per heavy atom. The Balaban J connectivity index is 1.78. The van der Waals surface area contributed by atoms with Gasteiger partial charge in [-0.2, -0.15) is 4.98 Å². The van der Waals surface area contributed by atoms with Crippen LogP contribution in [0.4, 0.5) is 17.5 Å². The van der Waals surface area contributed by atoms with E-state index in [0.29, 0.717) is 23.4 Å². The largest absolute Gasteiger partial charge is 0.491 e. The molecule has 1 unspecified atom stereocenters. The maximum absolute atomic E-state index is 9.65. The van der Waals surface area contributed by atoms with Crippen molar-refractivity contribution in [3.05, 3.63) is 35.0 Å². The van der Waals surface area contributed by atoms with Gasteiger partial charge in [0, 0.05) is 5.69 Å². The number of nitrogens with zero attached hydrogens (tertiary/aromatic N) is 2. The van der Waals surface area contributed by atoms with Crippen molar-refractivity contribution in [1.29, 1.82) is 0 Å². The van der Waals surface area contributed by atoms with Gasteiger partial charge in [-0.1, -0.05) is 24.6 Å². The monoisotopic (exact) mass is 348 g/mol. The summed E-state index contributed by atoms with van der Waals surface area (Å²) < 4.78 is 5.18. The first-order valence-corrected chi connectivity index (χ1v) is 8.08. The second kappa shape index (κ2) is 7.35. The summed E-state index contributed by atoms with van der Waals surface area (Å²) in [6.07, 6.45) is 2.25. The third-order valence-corrected chi connectivity index (χ3v) is 4.14. The molecule has 4 N–H and O–H groups in total. The quantitative estimate of drug-likeness (QED) is 0.583. The molecule has 0 spiro atoms. The fourth-order valence-corrected chi connectivity index (χ4v) is 2.58. The highest BCUT2D eigenvalue weighted by Gasteiger charge is 2.27. The van der Waals surface area contributed by atoms with Crippen LogP contribution in [0.5, 0.6) is 0 Å². The summed E-state index contributed by atoms with van der Waals surface area (Å²) in [5.74, 6) is 0.851. The molecule has 2 aromatic rings. The lowest BCUT2D eigenvalue weighted by molar-refractivity contribution is 0.271. The van der Waals surface area contributed by atoms with Gasteiger partial charge in [0.1, 0.15) is 5.02 Å². The molecule has 1 aliphatic rings. The normalized spacial score (nSPS) is 14.4. The van der Waals surface area contributed by atoms with E-state index in [0.717, 1.165) is 23.1 Å². The molecule has 0 bridgehead atoms. The number of nitrogens with one attached hydrogen (secondary N) is 2. The van der Waals surface area contributed by atoms with Gasteiger partial charge < -0.3 is 25.4 Å². The highest BCUT2D eigenvalue weighted by molar-refractivity contribution is 6.61. The van der Waals surface area contributed by atoms with Crippen molar-refractivity contribution in [3.8, 4) is 0 Å². The number of hydrogen-bond donors (Lipinski definition) is 4. The molecule has 126 valence electrons. The van der Waals surface area contributed by atoms with Gasteiger partial charge in [-0.25, -0.2) is 4.98 Å². The molecule has 1 aromatic carbocycles. The van der Waals surface area contributed by atoms with E-state index in [1.807, 2.05) is 25.1 Å². The van der Waals surface area contributed by atoms with Crippen LogP contribution in [0, 0.1) is 0 Å². The van der Waals surface area contributed by atoms with Crippen molar-refractivity contribution in [1.82, 2.24) is 9.97 Å².